The summed E-state index contributed by atoms with van der Waals surface area (Å²) in [7, 11) is -3.70. The molecular formula is C21H24N4O4S. The van der Waals surface area contributed by atoms with Gasteiger partial charge in [-0.1, -0.05) is 12.1 Å². The van der Waals surface area contributed by atoms with Crippen LogP contribution in [0.25, 0.3) is 0 Å². The molecule has 2 aromatic rings. The number of nitrogens with zero attached hydrogens (tertiary/aromatic N) is 3. The zero-order valence-electron chi connectivity index (χ0n) is 16.7. The van der Waals surface area contributed by atoms with Crippen LogP contribution in [0.5, 0.6) is 5.75 Å². The number of amides is 1. The lowest BCUT2D eigenvalue weighted by atomic mass is 10.2. The minimum Gasteiger partial charge on any atom is -0.479 e. The lowest BCUT2D eigenvalue weighted by Crippen LogP contribution is -2.50. The molecule has 0 aliphatic carbocycles. The van der Waals surface area contributed by atoms with Gasteiger partial charge in [0, 0.05) is 37.6 Å². The van der Waals surface area contributed by atoms with E-state index in [0.29, 0.717) is 37.6 Å². The molecule has 30 heavy (non-hydrogen) atoms. The fourth-order valence-corrected chi connectivity index (χ4v) is 4.56. The van der Waals surface area contributed by atoms with Crippen molar-refractivity contribution >= 4 is 27.3 Å². The average Bonchev–Trinajstić information content (AvgIpc) is 2.73. The summed E-state index contributed by atoms with van der Waals surface area (Å²) in [6.45, 7) is 3.79. The topological polar surface area (TPSA) is 103 Å². The number of piperazine rings is 1. The molecule has 9 heteroatoms. The van der Waals surface area contributed by atoms with Crippen molar-refractivity contribution in [2.45, 2.75) is 6.92 Å². The fourth-order valence-electron chi connectivity index (χ4n) is 3.25. The summed E-state index contributed by atoms with van der Waals surface area (Å²) in [5.74, 6) is -0.708. The molecule has 0 atom stereocenters. The highest BCUT2D eigenvalue weighted by molar-refractivity contribution is 7.89. The van der Waals surface area contributed by atoms with Gasteiger partial charge in [-0.05, 0) is 48.9 Å². The maximum Gasteiger partial charge on any atom is 0.241 e. The molecule has 158 valence electrons. The van der Waals surface area contributed by atoms with Crippen LogP contribution in [0.1, 0.15) is 5.56 Å². The average molecular weight is 429 g/mol. The van der Waals surface area contributed by atoms with E-state index < -0.39 is 21.7 Å². The zero-order valence-corrected chi connectivity index (χ0v) is 17.6. The van der Waals surface area contributed by atoms with E-state index in [1.165, 1.54) is 4.31 Å². The maximum atomic E-state index is 12.7. The Morgan fingerprint density at radius 3 is 2.47 bits per heavy atom. The summed E-state index contributed by atoms with van der Waals surface area (Å²) >= 11 is 0. The van der Waals surface area contributed by atoms with Crippen molar-refractivity contribution in [3.8, 4) is 11.8 Å². The Morgan fingerprint density at radius 2 is 1.83 bits per heavy atom. The van der Waals surface area contributed by atoms with Crippen LogP contribution in [0.2, 0.25) is 0 Å². The molecule has 0 saturated carbocycles. The summed E-state index contributed by atoms with van der Waals surface area (Å²) in [6, 6.07) is 16.4. The lowest BCUT2D eigenvalue weighted by Gasteiger charge is -2.35. The van der Waals surface area contributed by atoms with Crippen LogP contribution in [0, 0.1) is 18.3 Å². The number of benzene rings is 2. The molecular weight excluding hydrogens is 404 g/mol. The molecule has 0 radical (unpaired) electrons. The van der Waals surface area contributed by atoms with Crippen LogP contribution < -0.4 is 15.0 Å². The van der Waals surface area contributed by atoms with E-state index in [1.54, 1.807) is 24.3 Å². The van der Waals surface area contributed by atoms with Gasteiger partial charge in [-0.3, -0.25) is 4.79 Å². The summed E-state index contributed by atoms with van der Waals surface area (Å²) in [5, 5.41) is 11.1. The minimum absolute atomic E-state index is 0.0684. The van der Waals surface area contributed by atoms with E-state index in [0.717, 1.165) is 11.3 Å². The van der Waals surface area contributed by atoms with Crippen LogP contribution in [0.4, 0.5) is 11.4 Å². The third-order valence-corrected chi connectivity index (χ3v) is 6.53. The van der Waals surface area contributed by atoms with Gasteiger partial charge in [0.15, 0.2) is 6.61 Å². The van der Waals surface area contributed by atoms with E-state index in [-0.39, 0.29) is 6.61 Å². The van der Waals surface area contributed by atoms with Gasteiger partial charge >= 0.3 is 0 Å². The Morgan fingerprint density at radius 1 is 1.13 bits per heavy atom. The Hall–Kier alpha value is -3.09. The van der Waals surface area contributed by atoms with Crippen molar-refractivity contribution in [1.82, 2.24) is 4.31 Å². The molecule has 0 spiro atoms. The minimum atomic E-state index is -3.70. The van der Waals surface area contributed by atoms with Crippen molar-refractivity contribution < 1.29 is 17.9 Å². The quantitative estimate of drug-likeness (QED) is 0.724. The molecule has 1 aliphatic heterocycles. The zero-order chi connectivity index (χ0) is 21.6. The van der Waals surface area contributed by atoms with Crippen molar-refractivity contribution in [2.24, 2.45) is 0 Å². The molecule has 8 nitrogen and oxygen atoms in total. The largest absolute Gasteiger partial charge is 0.479 e. The number of hydrogen-bond acceptors (Lipinski definition) is 6. The van der Waals surface area contributed by atoms with Crippen LogP contribution >= 0.6 is 0 Å². The smallest absolute Gasteiger partial charge is 0.241 e. The van der Waals surface area contributed by atoms with E-state index in [2.05, 4.69) is 16.3 Å². The van der Waals surface area contributed by atoms with Gasteiger partial charge in [0.05, 0.1) is 0 Å². The van der Waals surface area contributed by atoms with E-state index in [1.807, 2.05) is 31.2 Å². The number of carbonyl (C=O) groups excluding carboxylic acids is 1. The number of aryl methyl sites for hydroxylation is 1. The molecule has 0 bridgehead atoms. The monoisotopic (exact) mass is 428 g/mol. The first kappa shape index (κ1) is 21.6. The van der Waals surface area contributed by atoms with Crippen LogP contribution in [0.15, 0.2) is 48.5 Å². The van der Waals surface area contributed by atoms with Crippen molar-refractivity contribution in [3.05, 3.63) is 54.1 Å². The molecule has 1 aliphatic rings. The summed E-state index contributed by atoms with van der Waals surface area (Å²) in [6.07, 6.45) is 0. The van der Waals surface area contributed by atoms with E-state index in [4.69, 9.17) is 10.00 Å². The van der Waals surface area contributed by atoms with Gasteiger partial charge < -0.3 is 15.0 Å². The molecule has 1 heterocycles. The normalized spacial score (nSPS) is 14.7. The Bertz CT molecular complexity index is 1020. The maximum absolute atomic E-state index is 12.7. The molecule has 1 fully saturated rings. The van der Waals surface area contributed by atoms with Gasteiger partial charge in [-0.25, -0.2) is 8.42 Å². The van der Waals surface area contributed by atoms with Crippen molar-refractivity contribution in [2.75, 3.05) is 48.8 Å². The fraction of sp³-hybridized carbons (Fsp3) is 0.333. The van der Waals surface area contributed by atoms with E-state index in [9.17, 15) is 13.2 Å². The van der Waals surface area contributed by atoms with E-state index >= 15 is 0 Å². The SMILES string of the molecule is Cc1cccc(N2CCN(S(=O)(=O)CC(=O)Nc3ccc(OCC#N)cc3)CC2)c1. The molecule has 1 saturated heterocycles. The number of carbonyl (C=O) groups is 1. The molecule has 0 unspecified atom stereocenters. The second-order valence-electron chi connectivity index (χ2n) is 7.00. The van der Waals surface area contributed by atoms with Crippen LogP contribution in [-0.2, 0) is 14.8 Å². The second-order valence-corrected chi connectivity index (χ2v) is 8.97. The predicted octanol–water partition coefficient (Wildman–Crippen LogP) is 1.99. The van der Waals surface area contributed by atoms with Crippen molar-refractivity contribution in [3.63, 3.8) is 0 Å². The Balaban J connectivity index is 1.52. The number of hydrogen-bond donors (Lipinski definition) is 1. The lowest BCUT2D eigenvalue weighted by molar-refractivity contribution is -0.113. The van der Waals surface area contributed by atoms with Gasteiger partial charge in [0.2, 0.25) is 15.9 Å². The number of rotatable bonds is 7. The summed E-state index contributed by atoms with van der Waals surface area (Å²) in [4.78, 5) is 14.4. The summed E-state index contributed by atoms with van der Waals surface area (Å²) in [5.41, 5.74) is 2.69. The number of ether oxygens (including phenoxy) is 1. The molecule has 2 aromatic carbocycles. The van der Waals surface area contributed by atoms with Crippen molar-refractivity contribution in [1.29, 1.82) is 5.26 Å². The van der Waals surface area contributed by atoms with Gasteiger partial charge in [0.1, 0.15) is 17.6 Å². The highest BCUT2D eigenvalue weighted by Crippen LogP contribution is 2.19. The third kappa shape index (κ3) is 5.72. The standard InChI is InChI=1S/C21H24N4O4S/c1-17-3-2-4-19(15-17)24-10-12-25(13-11-24)30(27,28)16-21(26)23-18-5-7-20(8-6-18)29-14-9-22/h2-8,15H,10-14,16H2,1H3,(H,23,26). The number of nitrogens with one attached hydrogen (secondary N) is 1. The van der Waals surface area contributed by atoms with Crippen LogP contribution in [0.3, 0.4) is 0 Å². The first-order chi connectivity index (χ1) is 14.4. The third-order valence-electron chi connectivity index (χ3n) is 4.75. The highest BCUT2D eigenvalue weighted by Gasteiger charge is 2.29. The number of anilines is 2. The number of sulfonamides is 1. The second kappa shape index (κ2) is 9.61. The molecule has 3 rings (SSSR count). The molecule has 1 N–H and O–H groups in total. The van der Waals surface area contributed by atoms with Gasteiger partial charge in [-0.2, -0.15) is 9.57 Å². The molecule has 0 aromatic heterocycles. The Kier molecular flexibility index (Phi) is 6.92. The highest BCUT2D eigenvalue weighted by atomic mass is 32.2. The predicted molar refractivity (Wildman–Crippen MR) is 115 cm³/mol. The number of nitriles is 1. The first-order valence-corrected chi connectivity index (χ1v) is 11.2. The first-order valence-electron chi connectivity index (χ1n) is 9.56. The summed E-state index contributed by atoms with van der Waals surface area (Å²) < 4.78 is 31.8. The van der Waals surface area contributed by atoms with Gasteiger partial charge in [0.25, 0.3) is 0 Å². The van der Waals surface area contributed by atoms with Gasteiger partial charge in [-0.15, -0.1) is 0 Å². The molecule has 1 amide bonds. The van der Waals surface area contributed by atoms with Crippen LogP contribution in [-0.4, -0.2) is 57.2 Å². The Labute approximate surface area is 176 Å².